The second-order valence-electron chi connectivity index (χ2n) is 30.6. The zero-order chi connectivity index (χ0) is 69.7. The molecule has 2 unspecified atom stereocenters. The van der Waals surface area contributed by atoms with Crippen molar-refractivity contribution < 1.29 is 42.1 Å². The van der Waals surface area contributed by atoms with Crippen LogP contribution in [0.1, 0.15) is 450 Å². The zero-order valence-corrected chi connectivity index (χ0v) is 66.0. The Balaban J connectivity index is 3.85. The lowest BCUT2D eigenvalue weighted by atomic mass is 10.0. The van der Waals surface area contributed by atoms with Crippen LogP contribution in [0.4, 0.5) is 0 Å². The van der Waals surface area contributed by atoms with E-state index in [0.29, 0.717) is 23.9 Å². The Morgan fingerprint density at radius 2 is 0.562 bits per heavy atom. The van der Waals surface area contributed by atoms with E-state index in [4.69, 9.17) is 18.5 Å². The molecule has 2 atom stereocenters. The highest BCUT2D eigenvalue weighted by molar-refractivity contribution is 7.47. The second-order valence-corrected chi connectivity index (χ2v) is 32.0. The van der Waals surface area contributed by atoms with Gasteiger partial charge in [-0.15, -0.1) is 0 Å². The lowest BCUT2D eigenvalue weighted by Gasteiger charge is -2.24. The van der Waals surface area contributed by atoms with Crippen LogP contribution in [0.2, 0.25) is 0 Å². The molecule has 0 aliphatic carbocycles. The summed E-state index contributed by atoms with van der Waals surface area (Å²) in [4.78, 5) is 36.0. The van der Waals surface area contributed by atoms with Crippen LogP contribution in [0.3, 0.4) is 0 Å². The van der Waals surface area contributed by atoms with E-state index < -0.39 is 26.5 Å². The number of carbonyl (C=O) groups excluding carboxylic acids is 2. The van der Waals surface area contributed by atoms with Gasteiger partial charge in [0.15, 0.2) is 6.10 Å². The van der Waals surface area contributed by atoms with Crippen LogP contribution < -0.4 is 0 Å². The van der Waals surface area contributed by atoms with Gasteiger partial charge in [0.2, 0.25) is 0 Å². The number of likely N-dealkylation sites (N-methyl/N-ethyl adjacent to an activating group) is 1. The zero-order valence-electron chi connectivity index (χ0n) is 65.2. The molecule has 0 aliphatic rings. The number of phosphoric acid groups is 1. The first-order valence-corrected chi connectivity index (χ1v) is 44.2. The molecule has 568 valence electrons. The summed E-state index contributed by atoms with van der Waals surface area (Å²) in [6.45, 7) is 4.51. The number of unbranched alkanes of at least 4 members (excludes halogenated alkanes) is 61. The van der Waals surface area contributed by atoms with Gasteiger partial charge in [0.05, 0.1) is 27.7 Å². The summed E-state index contributed by atoms with van der Waals surface area (Å²) >= 11 is 0. The third-order valence-corrected chi connectivity index (χ3v) is 20.6. The first-order valence-electron chi connectivity index (χ1n) is 42.7. The maximum Gasteiger partial charge on any atom is 0.472 e. The van der Waals surface area contributed by atoms with Crippen molar-refractivity contribution in [1.29, 1.82) is 0 Å². The first kappa shape index (κ1) is 94.2. The van der Waals surface area contributed by atoms with Crippen LogP contribution in [-0.2, 0) is 32.7 Å². The normalized spacial score (nSPS) is 13.1. The number of carbonyl (C=O) groups is 2. The smallest absolute Gasteiger partial charge is 0.462 e. The molecule has 0 heterocycles. The Morgan fingerprint density at radius 3 is 0.833 bits per heavy atom. The third-order valence-electron chi connectivity index (χ3n) is 19.6. The summed E-state index contributed by atoms with van der Waals surface area (Å²) in [6, 6.07) is 0. The Hall–Kier alpha value is -1.77. The van der Waals surface area contributed by atoms with Gasteiger partial charge in [-0.05, 0) is 70.6 Å². The maximum atomic E-state index is 12.9. The Morgan fingerprint density at radius 1 is 0.323 bits per heavy atom. The van der Waals surface area contributed by atoms with Crippen LogP contribution in [0, 0.1) is 0 Å². The molecule has 0 saturated heterocycles. The number of hydrogen-bond donors (Lipinski definition) is 1. The molecule has 1 N–H and O–H groups in total. The first-order chi connectivity index (χ1) is 47.0. The SMILES string of the molecule is CCCCCCC/C=C\C/C=C\CCCCCCCCCCCCCCCCCCCCCC(=O)OC(COC(=O)CCCCCCCCCCCCCCCCCCCCCCCCCCCCCCC/C=C\CCCCCCCCCC)COP(=O)(O)OCC[N+](C)(C)C. The van der Waals surface area contributed by atoms with E-state index >= 15 is 0 Å². The molecule has 0 radical (unpaired) electrons. The minimum absolute atomic E-state index is 0.0354. The van der Waals surface area contributed by atoms with Gasteiger partial charge in [-0.2, -0.15) is 0 Å². The number of phosphoric ester groups is 1. The van der Waals surface area contributed by atoms with Crippen molar-refractivity contribution in [2.24, 2.45) is 0 Å². The van der Waals surface area contributed by atoms with Crippen molar-refractivity contribution in [2.45, 2.75) is 457 Å². The van der Waals surface area contributed by atoms with Crippen LogP contribution in [0.15, 0.2) is 36.5 Å². The lowest BCUT2D eigenvalue weighted by Crippen LogP contribution is -2.37. The molecule has 0 aliphatic heterocycles. The molecular formula is C86H167NO8P+. The molecule has 10 heteroatoms. The van der Waals surface area contributed by atoms with Gasteiger partial charge in [-0.25, -0.2) is 4.57 Å². The topological polar surface area (TPSA) is 108 Å². The number of hydrogen-bond acceptors (Lipinski definition) is 7. The van der Waals surface area contributed by atoms with E-state index in [1.54, 1.807) is 0 Å². The Kier molecular flexibility index (Phi) is 76.0. The fraction of sp³-hybridized carbons (Fsp3) is 0.907. The molecule has 96 heavy (non-hydrogen) atoms. The summed E-state index contributed by atoms with van der Waals surface area (Å²) in [5, 5.41) is 0. The Labute approximate surface area is 599 Å². The number of allylic oxidation sites excluding steroid dienone is 6. The number of rotatable bonds is 81. The molecule has 0 amide bonds. The average Bonchev–Trinajstić information content (AvgIpc) is 1.97. The van der Waals surface area contributed by atoms with E-state index in [2.05, 4.69) is 50.3 Å². The predicted molar refractivity (Wildman–Crippen MR) is 418 cm³/mol. The predicted octanol–water partition coefficient (Wildman–Crippen LogP) is 28.5. The third kappa shape index (κ3) is 81.2. The highest BCUT2D eigenvalue weighted by Crippen LogP contribution is 2.43. The van der Waals surface area contributed by atoms with Crippen LogP contribution in [-0.4, -0.2) is 74.9 Å². The molecule has 0 aromatic rings. The highest BCUT2D eigenvalue weighted by atomic mass is 31.2. The van der Waals surface area contributed by atoms with E-state index in [-0.39, 0.29) is 25.6 Å². The van der Waals surface area contributed by atoms with Gasteiger partial charge < -0.3 is 18.9 Å². The van der Waals surface area contributed by atoms with Crippen LogP contribution in [0.5, 0.6) is 0 Å². The van der Waals surface area contributed by atoms with Gasteiger partial charge in [0.25, 0.3) is 0 Å². The summed E-state index contributed by atoms with van der Waals surface area (Å²) in [6.07, 6.45) is 102. The monoisotopic (exact) mass is 1370 g/mol. The number of ether oxygens (including phenoxy) is 2. The number of nitrogens with zero attached hydrogens (tertiary/aromatic N) is 1. The summed E-state index contributed by atoms with van der Waals surface area (Å²) in [5.74, 6) is -0.770. The van der Waals surface area contributed by atoms with Crippen LogP contribution in [0.25, 0.3) is 0 Å². The minimum atomic E-state index is -4.39. The van der Waals surface area contributed by atoms with E-state index in [9.17, 15) is 19.0 Å². The second kappa shape index (κ2) is 77.4. The minimum Gasteiger partial charge on any atom is -0.462 e. The maximum absolute atomic E-state index is 12.9. The largest absolute Gasteiger partial charge is 0.472 e. The quantitative estimate of drug-likeness (QED) is 0.0211. The molecule has 0 aromatic carbocycles. The lowest BCUT2D eigenvalue weighted by molar-refractivity contribution is -0.870. The van der Waals surface area contributed by atoms with Gasteiger partial charge in [-0.3, -0.25) is 18.6 Å². The van der Waals surface area contributed by atoms with Gasteiger partial charge in [0.1, 0.15) is 19.8 Å². The number of quaternary nitrogens is 1. The standard InChI is InChI=1S/C86H166NO8P/c1-6-8-10-12-14-16-18-20-22-24-26-28-30-32-34-36-38-39-40-41-42-43-44-45-46-47-49-50-52-54-56-58-60-62-64-66-68-70-72-74-76-78-85(88)92-82-84(83-94-96(90,91)93-81-80-87(3,4)5)95-86(89)79-77-75-73-71-69-67-65-63-61-59-57-55-53-51-48-37-35-33-31-29-27-25-23-21-19-17-15-13-11-9-7-2/h19,21,24-27,84H,6-18,20,22-23,28-83H2,1-5H3/p+1/b21-19-,26-24-,27-25-. The molecule has 0 rings (SSSR count). The molecule has 0 bridgehead atoms. The van der Waals surface area contributed by atoms with Crippen molar-refractivity contribution in [1.82, 2.24) is 0 Å². The number of esters is 2. The average molecular weight is 1370 g/mol. The molecule has 0 spiro atoms. The summed E-state index contributed by atoms with van der Waals surface area (Å²) in [5.41, 5.74) is 0. The molecular weight excluding hydrogens is 1210 g/mol. The fourth-order valence-electron chi connectivity index (χ4n) is 13.1. The highest BCUT2D eigenvalue weighted by Gasteiger charge is 2.27. The van der Waals surface area contributed by atoms with Crippen molar-refractivity contribution in [3.63, 3.8) is 0 Å². The van der Waals surface area contributed by atoms with E-state index in [1.807, 2.05) is 21.1 Å². The summed E-state index contributed by atoms with van der Waals surface area (Å²) in [7, 11) is 1.50. The molecule has 9 nitrogen and oxygen atoms in total. The van der Waals surface area contributed by atoms with Crippen LogP contribution >= 0.6 is 7.82 Å². The Bertz CT molecular complexity index is 1710. The van der Waals surface area contributed by atoms with Gasteiger partial charge in [-0.1, -0.05) is 403 Å². The van der Waals surface area contributed by atoms with Crippen molar-refractivity contribution in [3.05, 3.63) is 36.5 Å². The summed E-state index contributed by atoms with van der Waals surface area (Å²) < 4.78 is 34.9. The molecule has 0 aromatic heterocycles. The van der Waals surface area contributed by atoms with Crippen molar-refractivity contribution >= 4 is 19.8 Å². The van der Waals surface area contributed by atoms with E-state index in [0.717, 1.165) is 38.5 Å². The molecule has 0 saturated carbocycles. The van der Waals surface area contributed by atoms with Gasteiger partial charge in [0, 0.05) is 12.8 Å². The van der Waals surface area contributed by atoms with Gasteiger partial charge >= 0.3 is 19.8 Å². The van der Waals surface area contributed by atoms with Crippen molar-refractivity contribution in [2.75, 3.05) is 47.5 Å². The fourth-order valence-corrected chi connectivity index (χ4v) is 13.9. The van der Waals surface area contributed by atoms with E-state index in [1.165, 1.54) is 379 Å². The van der Waals surface area contributed by atoms with Crippen molar-refractivity contribution in [3.8, 4) is 0 Å². The molecule has 0 fully saturated rings.